The van der Waals surface area contributed by atoms with Gasteiger partial charge in [0.05, 0.1) is 5.71 Å². The Kier molecular flexibility index (Phi) is 6.05. The molecule has 1 N–H and O–H groups in total. The average molecular weight is 358 g/mol. The highest BCUT2D eigenvalue weighted by Crippen LogP contribution is 2.31. The molecule has 0 heterocycles. The topological polar surface area (TPSA) is 27.6 Å². The van der Waals surface area contributed by atoms with Crippen LogP contribution in [0.2, 0.25) is 0 Å². The smallest absolute Gasteiger partial charge is 0.0571 e. The highest BCUT2D eigenvalue weighted by Gasteiger charge is 2.11. The van der Waals surface area contributed by atoms with Crippen molar-refractivity contribution in [3.05, 3.63) is 95.1 Å². The molecule has 0 fully saturated rings. The molecule has 0 atom stereocenters. The van der Waals surface area contributed by atoms with Crippen molar-refractivity contribution in [2.75, 3.05) is 33.1 Å². The van der Waals surface area contributed by atoms with Gasteiger partial charge in [-0.3, -0.25) is 4.99 Å². The molecule has 2 aromatic rings. The molecule has 0 unspecified atom stereocenters. The van der Waals surface area contributed by atoms with Gasteiger partial charge in [0.25, 0.3) is 0 Å². The molecular formula is C24H27N3. The number of benzene rings is 2. The van der Waals surface area contributed by atoms with Crippen LogP contribution in [0, 0.1) is 0 Å². The summed E-state index contributed by atoms with van der Waals surface area (Å²) in [5, 5.41) is 3.20. The molecule has 0 aromatic heterocycles. The van der Waals surface area contributed by atoms with Gasteiger partial charge in [0.2, 0.25) is 0 Å². The van der Waals surface area contributed by atoms with E-state index in [-0.39, 0.29) is 0 Å². The van der Waals surface area contributed by atoms with Crippen LogP contribution in [0.3, 0.4) is 0 Å². The molecule has 0 aliphatic heterocycles. The van der Waals surface area contributed by atoms with Gasteiger partial charge in [-0.25, -0.2) is 0 Å². The van der Waals surface area contributed by atoms with Gasteiger partial charge in [-0.2, -0.15) is 0 Å². The van der Waals surface area contributed by atoms with Crippen LogP contribution in [0.1, 0.15) is 16.7 Å². The summed E-state index contributed by atoms with van der Waals surface area (Å²) in [7, 11) is 7.92. The van der Waals surface area contributed by atoms with Gasteiger partial charge in [0, 0.05) is 33.4 Å². The van der Waals surface area contributed by atoms with Gasteiger partial charge in [-0.05, 0) is 59.2 Å². The van der Waals surface area contributed by atoms with Crippen molar-refractivity contribution >= 4 is 17.0 Å². The number of aliphatic imine (C=N–C) groups is 1. The van der Waals surface area contributed by atoms with Crippen molar-refractivity contribution in [2.24, 2.45) is 4.99 Å². The van der Waals surface area contributed by atoms with Crippen LogP contribution in [0.5, 0.6) is 0 Å². The zero-order valence-electron chi connectivity index (χ0n) is 16.5. The lowest BCUT2D eigenvalue weighted by Gasteiger charge is -2.17. The SMILES string of the molecule is CN=C1C=CC(=C(c2ccc(CNC)cc2)c2ccc(N(C)C)cc2)C=C1. The summed E-state index contributed by atoms with van der Waals surface area (Å²) >= 11 is 0. The van der Waals surface area contributed by atoms with E-state index in [4.69, 9.17) is 0 Å². The van der Waals surface area contributed by atoms with Gasteiger partial charge in [-0.15, -0.1) is 0 Å². The normalized spacial score (nSPS) is 13.0. The summed E-state index contributed by atoms with van der Waals surface area (Å²) < 4.78 is 0. The molecule has 2 aromatic carbocycles. The van der Waals surface area contributed by atoms with E-state index in [1.165, 1.54) is 33.5 Å². The van der Waals surface area contributed by atoms with Crippen LogP contribution in [0.15, 0.2) is 83.4 Å². The quantitative estimate of drug-likeness (QED) is 0.855. The third kappa shape index (κ3) is 4.44. The standard InChI is InChI=1S/C24H27N3/c1-25-17-18-5-7-19(8-6-18)24(20-9-13-22(26-2)14-10-20)21-11-15-23(16-12-21)27(3)4/h5-16,25H,17H2,1-4H3. The van der Waals surface area contributed by atoms with E-state index in [1.807, 2.05) is 14.1 Å². The van der Waals surface area contributed by atoms with Crippen molar-refractivity contribution < 1.29 is 0 Å². The second-order valence-electron chi connectivity index (χ2n) is 6.81. The Hall–Kier alpha value is -2.91. The highest BCUT2D eigenvalue weighted by atomic mass is 15.1. The lowest BCUT2D eigenvalue weighted by Crippen LogP contribution is -2.08. The summed E-state index contributed by atoms with van der Waals surface area (Å²) in [6.45, 7) is 0.875. The molecular weight excluding hydrogens is 330 g/mol. The van der Waals surface area contributed by atoms with E-state index in [9.17, 15) is 0 Å². The van der Waals surface area contributed by atoms with E-state index >= 15 is 0 Å². The zero-order valence-corrected chi connectivity index (χ0v) is 16.5. The van der Waals surface area contributed by atoms with Crippen LogP contribution in [0.25, 0.3) is 5.57 Å². The molecule has 3 heteroatoms. The van der Waals surface area contributed by atoms with Gasteiger partial charge in [-0.1, -0.05) is 48.6 Å². The van der Waals surface area contributed by atoms with E-state index < -0.39 is 0 Å². The average Bonchev–Trinajstić information content (AvgIpc) is 2.70. The number of nitrogens with one attached hydrogen (secondary N) is 1. The van der Waals surface area contributed by atoms with E-state index in [2.05, 4.69) is 102 Å². The van der Waals surface area contributed by atoms with Crippen LogP contribution in [-0.2, 0) is 6.54 Å². The first-order chi connectivity index (χ1) is 13.1. The fourth-order valence-electron chi connectivity index (χ4n) is 3.20. The molecule has 3 nitrogen and oxygen atoms in total. The third-order valence-corrected chi connectivity index (χ3v) is 4.71. The maximum absolute atomic E-state index is 4.26. The van der Waals surface area contributed by atoms with Crippen molar-refractivity contribution in [1.82, 2.24) is 5.32 Å². The van der Waals surface area contributed by atoms with Crippen LogP contribution >= 0.6 is 0 Å². The Morgan fingerprint density at radius 3 is 1.89 bits per heavy atom. The summed E-state index contributed by atoms with van der Waals surface area (Å²) in [5.41, 5.74) is 8.33. The Morgan fingerprint density at radius 2 is 1.41 bits per heavy atom. The summed E-state index contributed by atoms with van der Waals surface area (Å²) in [6.07, 6.45) is 8.44. The van der Waals surface area contributed by atoms with Gasteiger partial charge in [0.15, 0.2) is 0 Å². The van der Waals surface area contributed by atoms with Gasteiger partial charge in [0.1, 0.15) is 0 Å². The van der Waals surface area contributed by atoms with Crippen LogP contribution in [-0.4, -0.2) is 33.9 Å². The molecule has 27 heavy (non-hydrogen) atoms. The number of hydrogen-bond acceptors (Lipinski definition) is 3. The summed E-state index contributed by atoms with van der Waals surface area (Å²) in [6, 6.07) is 17.5. The molecule has 0 amide bonds. The third-order valence-electron chi connectivity index (χ3n) is 4.71. The minimum atomic E-state index is 0.875. The highest BCUT2D eigenvalue weighted by molar-refractivity contribution is 6.07. The minimum absolute atomic E-state index is 0.875. The first kappa shape index (κ1) is 18.9. The first-order valence-corrected chi connectivity index (χ1v) is 9.21. The monoisotopic (exact) mass is 357 g/mol. The largest absolute Gasteiger partial charge is 0.378 e. The number of nitrogens with zero attached hydrogens (tertiary/aromatic N) is 2. The molecule has 0 bridgehead atoms. The van der Waals surface area contributed by atoms with Crippen molar-refractivity contribution in [1.29, 1.82) is 0 Å². The Bertz CT molecular complexity index is 878. The lowest BCUT2D eigenvalue weighted by atomic mass is 9.90. The van der Waals surface area contributed by atoms with Gasteiger partial charge < -0.3 is 10.2 Å². The maximum Gasteiger partial charge on any atom is 0.0571 e. The number of allylic oxidation sites excluding steroid dienone is 5. The van der Waals surface area contributed by atoms with E-state index in [0.29, 0.717) is 0 Å². The predicted molar refractivity (Wildman–Crippen MR) is 118 cm³/mol. The Morgan fingerprint density at radius 1 is 0.852 bits per heavy atom. The fourth-order valence-corrected chi connectivity index (χ4v) is 3.20. The molecule has 3 rings (SSSR count). The van der Waals surface area contributed by atoms with Crippen LogP contribution < -0.4 is 10.2 Å². The Labute approximate surface area is 162 Å². The lowest BCUT2D eigenvalue weighted by molar-refractivity contribution is 0.818. The number of anilines is 1. The van der Waals surface area contributed by atoms with Crippen molar-refractivity contribution in [2.45, 2.75) is 6.54 Å². The second kappa shape index (κ2) is 8.65. The summed E-state index contributed by atoms with van der Waals surface area (Å²) in [5.74, 6) is 0. The molecule has 138 valence electrons. The first-order valence-electron chi connectivity index (χ1n) is 9.21. The maximum atomic E-state index is 4.26. The number of hydrogen-bond donors (Lipinski definition) is 1. The second-order valence-corrected chi connectivity index (χ2v) is 6.81. The zero-order chi connectivity index (χ0) is 19.2. The van der Waals surface area contributed by atoms with Gasteiger partial charge >= 0.3 is 0 Å². The van der Waals surface area contributed by atoms with Crippen LogP contribution in [0.4, 0.5) is 5.69 Å². The minimum Gasteiger partial charge on any atom is -0.378 e. The Balaban J connectivity index is 2.08. The molecule has 0 radical (unpaired) electrons. The predicted octanol–water partition coefficient (Wildman–Crippen LogP) is 4.47. The van der Waals surface area contributed by atoms with E-state index in [1.54, 1.807) is 0 Å². The summed E-state index contributed by atoms with van der Waals surface area (Å²) in [4.78, 5) is 6.38. The molecule has 1 aliphatic rings. The van der Waals surface area contributed by atoms with Crippen molar-refractivity contribution in [3.63, 3.8) is 0 Å². The molecule has 1 aliphatic carbocycles. The van der Waals surface area contributed by atoms with Crippen molar-refractivity contribution in [3.8, 4) is 0 Å². The fraction of sp³-hybridized carbons (Fsp3) is 0.208. The number of rotatable bonds is 5. The van der Waals surface area contributed by atoms with E-state index in [0.717, 1.165) is 12.3 Å². The molecule has 0 spiro atoms. The molecule has 0 saturated carbocycles. The molecule has 0 saturated heterocycles.